The number of hydrogen-bond acceptors (Lipinski definition) is 9. The van der Waals surface area contributed by atoms with Crippen LogP contribution in [0, 0.1) is 0 Å². The van der Waals surface area contributed by atoms with Crippen LogP contribution in [0.15, 0.2) is 78.9 Å². The van der Waals surface area contributed by atoms with E-state index >= 15 is 0 Å². The molecule has 0 atom stereocenters. The molecule has 2 N–H and O–H groups in total. The SMILES string of the molecule is O=C(CN1C(=O)c2ccccc2C1=O)Nc1nc(NC(=O)CN2C(=O)c3ccccc3C2=O)nc(-c2ccccc2)n1. The molecule has 3 aromatic carbocycles. The fraction of sp³-hybridized carbons (Fsp3) is 0.0690. The third-order valence-electron chi connectivity index (χ3n) is 6.53. The van der Waals surface area contributed by atoms with Crippen molar-refractivity contribution < 1.29 is 28.8 Å². The Hall–Kier alpha value is -6.11. The quantitative estimate of drug-likeness (QED) is 0.320. The van der Waals surface area contributed by atoms with Gasteiger partial charge in [0.1, 0.15) is 13.1 Å². The number of benzene rings is 3. The van der Waals surface area contributed by atoms with Crippen LogP contribution < -0.4 is 10.6 Å². The van der Waals surface area contributed by atoms with Crippen molar-refractivity contribution in [3.8, 4) is 11.4 Å². The molecule has 0 bridgehead atoms. The van der Waals surface area contributed by atoms with Gasteiger partial charge in [-0.1, -0.05) is 54.6 Å². The minimum absolute atomic E-state index is 0.0951. The Bertz CT molecular complexity index is 1640. The molecule has 3 heterocycles. The molecule has 2 aliphatic heterocycles. The summed E-state index contributed by atoms with van der Waals surface area (Å²) >= 11 is 0. The van der Waals surface area contributed by atoms with Crippen molar-refractivity contribution in [2.45, 2.75) is 0 Å². The van der Waals surface area contributed by atoms with Gasteiger partial charge >= 0.3 is 0 Å². The molecule has 6 amide bonds. The molecule has 0 aliphatic carbocycles. The van der Waals surface area contributed by atoms with E-state index in [-0.39, 0.29) is 40.0 Å². The zero-order valence-corrected chi connectivity index (χ0v) is 21.6. The number of anilines is 2. The Kier molecular flexibility index (Phi) is 6.51. The summed E-state index contributed by atoms with van der Waals surface area (Å²) in [5.41, 5.74) is 1.33. The van der Waals surface area contributed by atoms with Crippen molar-refractivity contribution in [2.24, 2.45) is 0 Å². The zero-order chi connectivity index (χ0) is 29.4. The first-order valence-electron chi connectivity index (χ1n) is 12.6. The highest BCUT2D eigenvalue weighted by atomic mass is 16.2. The molecular formula is C29H19N7O6. The average Bonchev–Trinajstić information content (AvgIpc) is 3.38. The van der Waals surface area contributed by atoms with Crippen molar-refractivity contribution in [1.82, 2.24) is 24.8 Å². The monoisotopic (exact) mass is 561 g/mol. The number of nitrogens with zero attached hydrogens (tertiary/aromatic N) is 5. The molecule has 13 heteroatoms. The van der Waals surface area contributed by atoms with Crippen LogP contribution in [-0.4, -0.2) is 73.3 Å². The summed E-state index contributed by atoms with van der Waals surface area (Å²) < 4.78 is 0. The number of fused-ring (bicyclic) bond motifs is 2. The van der Waals surface area contributed by atoms with Crippen molar-refractivity contribution in [3.63, 3.8) is 0 Å². The molecule has 0 saturated heterocycles. The molecule has 13 nitrogen and oxygen atoms in total. The number of nitrogens with one attached hydrogen (secondary N) is 2. The number of imide groups is 2. The molecule has 4 aromatic rings. The number of rotatable bonds is 7. The van der Waals surface area contributed by atoms with Crippen molar-refractivity contribution in [1.29, 1.82) is 0 Å². The molecule has 42 heavy (non-hydrogen) atoms. The summed E-state index contributed by atoms with van der Waals surface area (Å²) in [6, 6.07) is 21.1. The molecule has 1 aromatic heterocycles. The largest absolute Gasteiger partial charge is 0.293 e. The van der Waals surface area contributed by atoms with Crippen LogP contribution in [0.3, 0.4) is 0 Å². The lowest BCUT2D eigenvalue weighted by Gasteiger charge is -2.15. The van der Waals surface area contributed by atoms with Crippen molar-refractivity contribution in [2.75, 3.05) is 23.7 Å². The van der Waals surface area contributed by atoms with Crippen molar-refractivity contribution in [3.05, 3.63) is 101 Å². The summed E-state index contributed by atoms with van der Waals surface area (Å²) in [5.74, 6) is -4.38. The summed E-state index contributed by atoms with van der Waals surface area (Å²) in [4.78, 5) is 90.6. The predicted molar refractivity (Wildman–Crippen MR) is 146 cm³/mol. The number of hydrogen-bond donors (Lipinski definition) is 2. The maximum atomic E-state index is 12.9. The Morgan fingerprint density at radius 2 is 0.881 bits per heavy atom. The molecule has 0 radical (unpaired) electrons. The first-order chi connectivity index (χ1) is 20.3. The average molecular weight is 562 g/mol. The fourth-order valence-corrected chi connectivity index (χ4v) is 4.59. The van der Waals surface area contributed by atoms with Crippen LogP contribution in [0.2, 0.25) is 0 Å². The Morgan fingerprint density at radius 3 is 1.26 bits per heavy atom. The second-order valence-electron chi connectivity index (χ2n) is 9.25. The fourth-order valence-electron chi connectivity index (χ4n) is 4.59. The van der Waals surface area contributed by atoms with Gasteiger partial charge in [-0.2, -0.15) is 15.0 Å². The van der Waals surface area contributed by atoms with Gasteiger partial charge in [-0.15, -0.1) is 0 Å². The summed E-state index contributed by atoms with van der Waals surface area (Å²) in [7, 11) is 0. The normalized spacial score (nSPS) is 13.7. The van der Waals surface area contributed by atoms with Gasteiger partial charge in [0.2, 0.25) is 23.7 Å². The molecule has 0 spiro atoms. The van der Waals surface area contributed by atoms with Gasteiger partial charge in [0.15, 0.2) is 5.82 Å². The van der Waals surface area contributed by atoms with Gasteiger partial charge in [0.05, 0.1) is 22.3 Å². The minimum atomic E-state index is -0.766. The second-order valence-corrected chi connectivity index (χ2v) is 9.25. The molecule has 6 rings (SSSR count). The van der Waals surface area contributed by atoms with Gasteiger partial charge in [-0.25, -0.2) is 0 Å². The summed E-state index contributed by atoms with van der Waals surface area (Å²) in [5, 5.41) is 4.88. The molecule has 0 fully saturated rings. The second kappa shape index (κ2) is 10.5. The van der Waals surface area contributed by atoms with E-state index in [1.54, 1.807) is 54.6 Å². The number of aromatic nitrogens is 3. The smallest absolute Gasteiger partial charge is 0.262 e. The van der Waals surface area contributed by atoms with Crippen LogP contribution in [0.4, 0.5) is 11.9 Å². The molecule has 0 unspecified atom stereocenters. The minimum Gasteiger partial charge on any atom is -0.293 e. The third-order valence-corrected chi connectivity index (χ3v) is 6.53. The van der Waals surface area contributed by atoms with Gasteiger partial charge in [0, 0.05) is 5.56 Å². The van der Waals surface area contributed by atoms with E-state index in [2.05, 4.69) is 25.6 Å². The first kappa shape index (κ1) is 26.1. The summed E-state index contributed by atoms with van der Waals surface area (Å²) in [6.07, 6.45) is 0. The van der Waals surface area contributed by atoms with E-state index in [4.69, 9.17) is 0 Å². The van der Waals surface area contributed by atoms with E-state index < -0.39 is 48.5 Å². The Morgan fingerprint density at radius 1 is 0.524 bits per heavy atom. The summed E-state index contributed by atoms with van der Waals surface area (Å²) in [6.45, 7) is -1.19. The van der Waals surface area contributed by atoms with Gasteiger partial charge in [-0.3, -0.25) is 49.2 Å². The number of carbonyl (C=O) groups is 6. The lowest BCUT2D eigenvalue weighted by atomic mass is 10.1. The molecule has 0 saturated carbocycles. The molecule has 206 valence electrons. The lowest BCUT2D eigenvalue weighted by molar-refractivity contribution is -0.117. The number of carbonyl (C=O) groups excluding carboxylic acids is 6. The van der Waals surface area contributed by atoms with Crippen molar-refractivity contribution >= 4 is 47.3 Å². The molecule has 2 aliphatic rings. The van der Waals surface area contributed by atoms with Crippen LogP contribution >= 0.6 is 0 Å². The van der Waals surface area contributed by atoms with Gasteiger partial charge in [0.25, 0.3) is 23.6 Å². The maximum absolute atomic E-state index is 12.9. The predicted octanol–water partition coefficient (Wildman–Crippen LogP) is 2.01. The van der Waals surface area contributed by atoms with Gasteiger partial charge < -0.3 is 0 Å². The van der Waals surface area contributed by atoms with Crippen LogP contribution in [-0.2, 0) is 9.59 Å². The third kappa shape index (κ3) is 4.75. The van der Waals surface area contributed by atoms with Gasteiger partial charge in [-0.05, 0) is 24.3 Å². The van der Waals surface area contributed by atoms with E-state index in [9.17, 15) is 28.8 Å². The topological polar surface area (TPSA) is 172 Å². The number of amides is 6. The van der Waals surface area contributed by atoms with Crippen LogP contribution in [0.5, 0.6) is 0 Å². The van der Waals surface area contributed by atoms with E-state index in [0.717, 1.165) is 9.80 Å². The standard InChI is InChI=1S/C29H19N7O6/c37-21(14-35-24(39)17-10-4-5-11-18(17)25(35)40)30-28-32-23(16-8-2-1-3-9-16)33-29(34-28)31-22(38)15-36-26(41)19-12-6-7-13-20(19)27(36)42/h1-13H,14-15H2,(H2,30,31,32,33,34,37,38). The zero-order valence-electron chi connectivity index (χ0n) is 21.6. The first-order valence-corrected chi connectivity index (χ1v) is 12.6. The molecular weight excluding hydrogens is 542 g/mol. The highest BCUT2D eigenvalue weighted by Crippen LogP contribution is 2.24. The highest BCUT2D eigenvalue weighted by Gasteiger charge is 2.37. The van der Waals surface area contributed by atoms with E-state index in [1.165, 1.54) is 24.3 Å². The van der Waals surface area contributed by atoms with Crippen LogP contribution in [0.25, 0.3) is 11.4 Å². The van der Waals surface area contributed by atoms with E-state index in [0.29, 0.717) is 5.56 Å². The highest BCUT2D eigenvalue weighted by molar-refractivity contribution is 6.23. The van der Waals surface area contributed by atoms with E-state index in [1.807, 2.05) is 0 Å². The Balaban J connectivity index is 1.20. The van der Waals surface area contributed by atoms with Crippen LogP contribution in [0.1, 0.15) is 41.4 Å². The lowest BCUT2D eigenvalue weighted by Crippen LogP contribution is -2.38. The Labute approximate surface area is 237 Å². The maximum Gasteiger partial charge on any atom is 0.262 e.